The van der Waals surface area contributed by atoms with Gasteiger partial charge in [0.1, 0.15) is 14.2 Å². The summed E-state index contributed by atoms with van der Waals surface area (Å²) < 4.78 is 0.851. The summed E-state index contributed by atoms with van der Waals surface area (Å²) in [6, 6.07) is 3.69. The second-order valence-electron chi connectivity index (χ2n) is 3.71. The molecule has 1 aromatic carbocycles. The van der Waals surface area contributed by atoms with Crippen LogP contribution in [0, 0.1) is 10.1 Å². The van der Waals surface area contributed by atoms with Crippen molar-refractivity contribution in [2.24, 2.45) is 0 Å². The zero-order valence-corrected chi connectivity index (χ0v) is 13.9. The van der Waals surface area contributed by atoms with Crippen LogP contribution in [0.15, 0.2) is 33.6 Å². The van der Waals surface area contributed by atoms with Crippen molar-refractivity contribution in [2.75, 3.05) is 5.32 Å². The van der Waals surface area contributed by atoms with Crippen molar-refractivity contribution in [1.82, 2.24) is 9.97 Å². The quantitative estimate of drug-likeness (QED) is 0.583. The number of hydrogen-bond acceptors (Lipinski definition) is 5. The van der Waals surface area contributed by atoms with E-state index in [4.69, 9.17) is 11.6 Å². The monoisotopic (exact) mass is 434 g/mol. The van der Waals surface area contributed by atoms with Gasteiger partial charge in [-0.05, 0) is 44.0 Å². The predicted molar refractivity (Wildman–Crippen MR) is 83.5 cm³/mol. The Hall–Kier alpha value is -1.58. The number of hydrogen-bond donors (Lipinski definition) is 1. The van der Waals surface area contributed by atoms with E-state index in [1.165, 1.54) is 24.4 Å². The fourth-order valence-electron chi connectivity index (χ4n) is 1.41. The van der Waals surface area contributed by atoms with Crippen molar-refractivity contribution in [3.8, 4) is 0 Å². The molecule has 2 aromatic rings. The molecule has 1 aromatic heterocycles. The van der Waals surface area contributed by atoms with Crippen LogP contribution in [0.1, 0.15) is 10.4 Å². The Bertz CT molecular complexity index is 741. The number of carbonyl (C=O) groups is 1. The van der Waals surface area contributed by atoms with Crippen molar-refractivity contribution in [3.05, 3.63) is 54.3 Å². The van der Waals surface area contributed by atoms with Crippen LogP contribution in [-0.2, 0) is 0 Å². The predicted octanol–water partition coefficient (Wildman–Crippen LogP) is 3.82. The average molecular weight is 436 g/mol. The fourth-order valence-corrected chi connectivity index (χ4v) is 2.57. The summed E-state index contributed by atoms with van der Waals surface area (Å²) >= 11 is 12.1. The lowest BCUT2D eigenvalue weighted by Gasteiger charge is -2.06. The summed E-state index contributed by atoms with van der Waals surface area (Å²) in [5.41, 5.74) is -0.0972. The Morgan fingerprint density at radius 2 is 2.10 bits per heavy atom. The van der Waals surface area contributed by atoms with Crippen LogP contribution in [0.25, 0.3) is 0 Å². The third-order valence-corrected chi connectivity index (χ3v) is 3.58. The van der Waals surface area contributed by atoms with Crippen LogP contribution in [0.4, 0.5) is 11.5 Å². The lowest BCUT2D eigenvalue weighted by molar-refractivity contribution is -0.384. The number of anilines is 1. The van der Waals surface area contributed by atoms with Gasteiger partial charge in [-0.2, -0.15) is 0 Å². The summed E-state index contributed by atoms with van der Waals surface area (Å²) in [4.78, 5) is 30.1. The van der Waals surface area contributed by atoms with E-state index in [0.717, 1.165) is 0 Å². The van der Waals surface area contributed by atoms with Gasteiger partial charge in [-0.25, -0.2) is 9.97 Å². The summed E-state index contributed by atoms with van der Waals surface area (Å²) in [5.74, 6) is -0.290. The Kier molecular flexibility index (Phi) is 4.86. The van der Waals surface area contributed by atoms with Gasteiger partial charge in [-0.1, -0.05) is 11.6 Å². The van der Waals surface area contributed by atoms with E-state index >= 15 is 0 Å². The van der Waals surface area contributed by atoms with Crippen molar-refractivity contribution < 1.29 is 9.72 Å². The maximum Gasteiger partial charge on any atom is 0.287 e. The van der Waals surface area contributed by atoms with Crippen LogP contribution >= 0.6 is 43.5 Å². The number of aromatic nitrogens is 2. The molecule has 0 saturated heterocycles. The van der Waals surface area contributed by atoms with Crippen molar-refractivity contribution in [2.45, 2.75) is 0 Å². The number of benzene rings is 1. The average Bonchev–Trinajstić information content (AvgIpc) is 2.41. The second kappa shape index (κ2) is 6.46. The minimum atomic E-state index is -0.624. The van der Waals surface area contributed by atoms with Gasteiger partial charge in [0.25, 0.3) is 11.6 Å². The van der Waals surface area contributed by atoms with Gasteiger partial charge >= 0.3 is 0 Å². The SMILES string of the molecule is O=C(Nc1ncc(Br)nc1Br)c1ccc([N+](=O)[O-])c(Cl)c1. The van der Waals surface area contributed by atoms with Crippen LogP contribution in [0.3, 0.4) is 0 Å². The zero-order chi connectivity index (χ0) is 15.6. The Morgan fingerprint density at radius 1 is 1.38 bits per heavy atom. The number of nitrogens with one attached hydrogen (secondary N) is 1. The van der Waals surface area contributed by atoms with E-state index in [2.05, 4.69) is 47.1 Å². The molecule has 0 aliphatic heterocycles. The van der Waals surface area contributed by atoms with Gasteiger partial charge in [0, 0.05) is 11.6 Å². The molecule has 7 nitrogen and oxygen atoms in total. The van der Waals surface area contributed by atoms with Crippen LogP contribution in [0.5, 0.6) is 0 Å². The van der Waals surface area contributed by atoms with E-state index in [-0.39, 0.29) is 22.1 Å². The Balaban J connectivity index is 2.24. The maximum atomic E-state index is 12.0. The molecule has 0 unspecified atom stereocenters. The number of rotatable bonds is 3. The number of nitro groups is 1. The largest absolute Gasteiger partial charge is 0.304 e. The highest BCUT2D eigenvalue weighted by Crippen LogP contribution is 2.26. The van der Waals surface area contributed by atoms with Crippen LogP contribution < -0.4 is 5.32 Å². The van der Waals surface area contributed by atoms with Gasteiger partial charge in [0.2, 0.25) is 0 Å². The highest BCUT2D eigenvalue weighted by Gasteiger charge is 2.16. The summed E-state index contributed by atoms with van der Waals surface area (Å²) in [6.07, 6.45) is 1.42. The molecule has 0 atom stereocenters. The van der Waals surface area contributed by atoms with Gasteiger partial charge < -0.3 is 5.32 Å². The molecule has 21 heavy (non-hydrogen) atoms. The molecular formula is C11H5Br2ClN4O3. The standard InChI is InChI=1S/C11H5Br2ClN4O3/c12-8-4-15-10(9(13)16-8)17-11(19)5-1-2-7(18(20)21)6(14)3-5/h1-4H,(H,15,17,19). The highest BCUT2D eigenvalue weighted by atomic mass is 79.9. The first kappa shape index (κ1) is 15.8. The summed E-state index contributed by atoms with van der Waals surface area (Å²) in [6.45, 7) is 0. The van der Waals surface area contributed by atoms with Crippen molar-refractivity contribution in [1.29, 1.82) is 0 Å². The Morgan fingerprint density at radius 3 is 2.67 bits per heavy atom. The van der Waals surface area contributed by atoms with Gasteiger partial charge in [0.15, 0.2) is 5.82 Å². The highest BCUT2D eigenvalue weighted by molar-refractivity contribution is 9.11. The van der Waals surface area contributed by atoms with Crippen LogP contribution in [-0.4, -0.2) is 20.8 Å². The number of amides is 1. The Labute approximate surface area is 140 Å². The van der Waals surface area contributed by atoms with E-state index in [1.807, 2.05) is 0 Å². The molecule has 2 rings (SSSR count). The fraction of sp³-hybridized carbons (Fsp3) is 0. The molecule has 1 N–H and O–H groups in total. The molecule has 0 bridgehead atoms. The zero-order valence-electron chi connectivity index (χ0n) is 10.0. The van der Waals surface area contributed by atoms with Gasteiger partial charge in [0.05, 0.1) is 11.1 Å². The van der Waals surface area contributed by atoms with E-state index in [1.54, 1.807) is 0 Å². The molecule has 108 valence electrons. The molecule has 0 radical (unpaired) electrons. The topological polar surface area (TPSA) is 98.0 Å². The second-order valence-corrected chi connectivity index (χ2v) is 5.68. The van der Waals surface area contributed by atoms with E-state index < -0.39 is 10.8 Å². The van der Waals surface area contributed by atoms with Gasteiger partial charge in [-0.3, -0.25) is 14.9 Å². The maximum absolute atomic E-state index is 12.0. The van der Waals surface area contributed by atoms with Crippen molar-refractivity contribution in [3.63, 3.8) is 0 Å². The molecule has 1 heterocycles. The van der Waals surface area contributed by atoms with E-state index in [9.17, 15) is 14.9 Å². The summed E-state index contributed by atoms with van der Waals surface area (Å²) in [7, 11) is 0. The summed E-state index contributed by atoms with van der Waals surface area (Å²) in [5, 5.41) is 13.1. The van der Waals surface area contributed by atoms with Gasteiger partial charge in [-0.15, -0.1) is 0 Å². The molecule has 10 heteroatoms. The lowest BCUT2D eigenvalue weighted by Crippen LogP contribution is -2.14. The first-order chi connectivity index (χ1) is 9.88. The van der Waals surface area contributed by atoms with Crippen LogP contribution in [0.2, 0.25) is 5.02 Å². The third-order valence-electron chi connectivity index (χ3n) is 2.34. The number of halogens is 3. The minimum absolute atomic E-state index is 0.117. The molecule has 0 fully saturated rings. The first-order valence-electron chi connectivity index (χ1n) is 5.32. The molecule has 0 saturated carbocycles. The first-order valence-corrected chi connectivity index (χ1v) is 7.28. The number of nitrogens with zero attached hydrogens (tertiary/aromatic N) is 3. The molecule has 0 spiro atoms. The lowest BCUT2D eigenvalue weighted by atomic mass is 10.2. The normalized spacial score (nSPS) is 10.2. The minimum Gasteiger partial charge on any atom is -0.304 e. The van der Waals surface area contributed by atoms with E-state index in [0.29, 0.717) is 9.21 Å². The molecule has 0 aliphatic rings. The smallest absolute Gasteiger partial charge is 0.287 e. The number of carbonyl (C=O) groups excluding carboxylic acids is 1. The molecule has 1 amide bonds. The van der Waals surface area contributed by atoms with Crippen molar-refractivity contribution >= 4 is 60.9 Å². The third kappa shape index (κ3) is 3.74. The molecular weight excluding hydrogens is 431 g/mol. The molecule has 0 aliphatic carbocycles. The number of nitro benzene ring substituents is 1.